The highest BCUT2D eigenvalue weighted by atomic mass is 16.2. The van der Waals surface area contributed by atoms with Gasteiger partial charge in [-0.2, -0.15) is 0 Å². The van der Waals surface area contributed by atoms with Crippen molar-refractivity contribution >= 4 is 17.3 Å². The van der Waals surface area contributed by atoms with Crippen LogP contribution in [0.15, 0.2) is 48.5 Å². The maximum atomic E-state index is 12.4. The van der Waals surface area contributed by atoms with Crippen LogP contribution in [-0.4, -0.2) is 13.0 Å². The Morgan fingerprint density at radius 3 is 2.63 bits per heavy atom. The van der Waals surface area contributed by atoms with Gasteiger partial charge in [0.2, 0.25) is 5.91 Å². The Morgan fingerprint density at radius 1 is 1.16 bits per heavy atom. The van der Waals surface area contributed by atoms with Gasteiger partial charge in [-0.15, -0.1) is 0 Å². The number of hydrogen-bond donors (Lipinski definition) is 1. The van der Waals surface area contributed by atoms with Gasteiger partial charge >= 0.3 is 0 Å². The number of benzene rings is 2. The fourth-order valence-electron chi connectivity index (χ4n) is 2.69. The standard InChI is InChI=1S/C16H16N2O/c1-18-15-8-7-12(17)10-13(15)14(16(18)19)9-11-5-3-2-4-6-11/h2-8,10,14H,9,17H2,1H3. The summed E-state index contributed by atoms with van der Waals surface area (Å²) in [6.07, 6.45) is 0.723. The van der Waals surface area contributed by atoms with Gasteiger partial charge in [0.25, 0.3) is 0 Å². The lowest BCUT2D eigenvalue weighted by molar-refractivity contribution is -0.119. The van der Waals surface area contributed by atoms with E-state index in [1.165, 1.54) is 5.56 Å². The van der Waals surface area contributed by atoms with Crippen LogP contribution in [0, 0.1) is 0 Å². The largest absolute Gasteiger partial charge is 0.399 e. The molecule has 0 aromatic heterocycles. The number of carbonyl (C=O) groups is 1. The average molecular weight is 252 g/mol. The van der Waals surface area contributed by atoms with E-state index in [9.17, 15) is 4.79 Å². The number of hydrogen-bond acceptors (Lipinski definition) is 2. The Labute approximate surface area is 112 Å². The number of nitrogens with zero attached hydrogens (tertiary/aromatic N) is 1. The van der Waals surface area contributed by atoms with Crippen LogP contribution in [0.2, 0.25) is 0 Å². The molecule has 96 valence electrons. The Hall–Kier alpha value is -2.29. The Kier molecular flexibility index (Phi) is 2.75. The normalized spacial score (nSPS) is 17.6. The van der Waals surface area contributed by atoms with E-state index in [0.29, 0.717) is 5.69 Å². The van der Waals surface area contributed by atoms with E-state index in [0.717, 1.165) is 17.7 Å². The molecule has 1 amide bonds. The minimum absolute atomic E-state index is 0.120. The summed E-state index contributed by atoms with van der Waals surface area (Å²) in [4.78, 5) is 14.1. The summed E-state index contributed by atoms with van der Waals surface area (Å²) in [6.45, 7) is 0. The first kappa shape index (κ1) is 11.8. The van der Waals surface area contributed by atoms with Crippen molar-refractivity contribution in [1.82, 2.24) is 0 Å². The molecule has 0 fully saturated rings. The zero-order chi connectivity index (χ0) is 13.4. The number of nitrogen functional groups attached to an aromatic ring is 1. The summed E-state index contributed by atoms with van der Waals surface area (Å²) in [7, 11) is 1.82. The first-order valence-corrected chi connectivity index (χ1v) is 6.38. The average Bonchev–Trinajstić information content (AvgIpc) is 2.65. The van der Waals surface area contributed by atoms with Gasteiger partial charge in [-0.3, -0.25) is 4.79 Å². The van der Waals surface area contributed by atoms with Crippen molar-refractivity contribution in [2.45, 2.75) is 12.3 Å². The van der Waals surface area contributed by atoms with Gasteiger partial charge in [-0.05, 0) is 35.7 Å². The molecule has 0 bridgehead atoms. The first-order chi connectivity index (χ1) is 9.16. The maximum absolute atomic E-state index is 12.4. The van der Waals surface area contributed by atoms with Crippen molar-refractivity contribution in [3.63, 3.8) is 0 Å². The van der Waals surface area contributed by atoms with Gasteiger partial charge < -0.3 is 10.6 Å². The molecule has 1 unspecified atom stereocenters. The summed E-state index contributed by atoms with van der Waals surface area (Å²) in [6, 6.07) is 15.8. The molecule has 1 aliphatic heterocycles. The Balaban J connectivity index is 1.99. The molecule has 3 heteroatoms. The fraction of sp³-hybridized carbons (Fsp3) is 0.188. The molecule has 1 heterocycles. The number of nitrogens with two attached hydrogens (primary N) is 1. The van der Waals surface area contributed by atoms with Crippen LogP contribution in [0.4, 0.5) is 11.4 Å². The van der Waals surface area contributed by atoms with E-state index in [4.69, 9.17) is 5.73 Å². The highest BCUT2D eigenvalue weighted by molar-refractivity contribution is 6.05. The van der Waals surface area contributed by atoms with E-state index in [2.05, 4.69) is 12.1 Å². The molecule has 0 spiro atoms. The lowest BCUT2D eigenvalue weighted by Crippen LogP contribution is -2.24. The van der Waals surface area contributed by atoms with E-state index < -0.39 is 0 Å². The van der Waals surface area contributed by atoms with Crippen molar-refractivity contribution in [2.75, 3.05) is 17.7 Å². The van der Waals surface area contributed by atoms with Crippen LogP contribution in [0.5, 0.6) is 0 Å². The molecular formula is C16H16N2O. The van der Waals surface area contributed by atoms with Crippen LogP contribution in [-0.2, 0) is 11.2 Å². The second kappa shape index (κ2) is 4.43. The van der Waals surface area contributed by atoms with Crippen molar-refractivity contribution in [3.8, 4) is 0 Å². The number of rotatable bonds is 2. The quantitative estimate of drug-likeness (QED) is 0.835. The lowest BCUT2D eigenvalue weighted by atomic mass is 9.93. The highest BCUT2D eigenvalue weighted by Crippen LogP contribution is 2.39. The Morgan fingerprint density at radius 2 is 1.89 bits per heavy atom. The molecule has 1 aliphatic rings. The topological polar surface area (TPSA) is 46.3 Å². The predicted octanol–water partition coefficient (Wildman–Crippen LogP) is 2.57. The van der Waals surface area contributed by atoms with Crippen LogP contribution in [0.1, 0.15) is 17.0 Å². The van der Waals surface area contributed by atoms with Gasteiger partial charge in [0, 0.05) is 18.4 Å². The Bertz CT molecular complexity index is 622. The maximum Gasteiger partial charge on any atom is 0.234 e. The molecular weight excluding hydrogens is 236 g/mol. The molecule has 0 aliphatic carbocycles. The number of anilines is 2. The molecule has 0 saturated heterocycles. The van der Waals surface area contributed by atoms with Crippen LogP contribution in [0.25, 0.3) is 0 Å². The van der Waals surface area contributed by atoms with E-state index >= 15 is 0 Å². The SMILES string of the molecule is CN1C(=O)C(Cc2ccccc2)c2cc(N)ccc21. The minimum atomic E-state index is -0.120. The molecule has 0 saturated carbocycles. The predicted molar refractivity (Wildman–Crippen MR) is 77.2 cm³/mol. The highest BCUT2D eigenvalue weighted by Gasteiger charge is 2.34. The zero-order valence-electron chi connectivity index (χ0n) is 10.8. The van der Waals surface area contributed by atoms with Crippen LogP contribution < -0.4 is 10.6 Å². The van der Waals surface area contributed by atoms with Gasteiger partial charge in [-0.1, -0.05) is 30.3 Å². The molecule has 0 radical (unpaired) electrons. The van der Waals surface area contributed by atoms with Crippen LogP contribution >= 0.6 is 0 Å². The molecule has 3 rings (SSSR count). The zero-order valence-corrected chi connectivity index (χ0v) is 10.8. The van der Waals surface area contributed by atoms with Gasteiger partial charge in [0.1, 0.15) is 0 Å². The third-order valence-electron chi connectivity index (χ3n) is 3.70. The first-order valence-electron chi connectivity index (χ1n) is 6.38. The number of carbonyl (C=O) groups excluding carboxylic acids is 1. The molecule has 2 N–H and O–H groups in total. The van der Waals surface area contributed by atoms with E-state index in [1.54, 1.807) is 4.90 Å². The summed E-state index contributed by atoms with van der Waals surface area (Å²) in [5, 5.41) is 0. The monoisotopic (exact) mass is 252 g/mol. The van der Waals surface area contributed by atoms with Crippen molar-refractivity contribution < 1.29 is 4.79 Å². The number of likely N-dealkylation sites (N-methyl/N-ethyl adjacent to an activating group) is 1. The summed E-state index contributed by atoms with van der Waals surface area (Å²) >= 11 is 0. The second-order valence-electron chi connectivity index (χ2n) is 4.96. The fourth-order valence-corrected chi connectivity index (χ4v) is 2.69. The summed E-state index contributed by atoms with van der Waals surface area (Å²) < 4.78 is 0. The number of fused-ring (bicyclic) bond motifs is 1. The smallest absolute Gasteiger partial charge is 0.234 e. The van der Waals surface area contributed by atoms with Gasteiger partial charge in [-0.25, -0.2) is 0 Å². The van der Waals surface area contributed by atoms with Crippen molar-refractivity contribution in [3.05, 3.63) is 59.7 Å². The van der Waals surface area contributed by atoms with E-state index in [1.807, 2.05) is 43.4 Å². The second-order valence-corrected chi connectivity index (χ2v) is 4.96. The van der Waals surface area contributed by atoms with Crippen molar-refractivity contribution in [2.24, 2.45) is 0 Å². The third-order valence-corrected chi connectivity index (χ3v) is 3.70. The molecule has 2 aromatic carbocycles. The molecule has 1 atom stereocenters. The number of amides is 1. The molecule has 3 nitrogen and oxygen atoms in total. The van der Waals surface area contributed by atoms with Gasteiger partial charge in [0.15, 0.2) is 0 Å². The summed E-state index contributed by atoms with van der Waals surface area (Å²) in [5.74, 6) is 0.0235. The third kappa shape index (κ3) is 1.97. The minimum Gasteiger partial charge on any atom is -0.399 e. The lowest BCUT2D eigenvalue weighted by Gasteiger charge is -2.11. The summed E-state index contributed by atoms with van der Waals surface area (Å²) in [5.41, 5.74) is 9.74. The van der Waals surface area contributed by atoms with Crippen molar-refractivity contribution in [1.29, 1.82) is 0 Å². The van der Waals surface area contributed by atoms with Crippen LogP contribution in [0.3, 0.4) is 0 Å². The van der Waals surface area contributed by atoms with E-state index in [-0.39, 0.29) is 11.8 Å². The molecule has 19 heavy (non-hydrogen) atoms. The van der Waals surface area contributed by atoms with Gasteiger partial charge in [0.05, 0.1) is 5.92 Å². The molecule has 2 aromatic rings.